The van der Waals surface area contributed by atoms with Gasteiger partial charge in [0.2, 0.25) is 0 Å². The standard InChI is InChI=1S/C12H15N3O3S/c1-8-10(5-4-6-11(8)16)14-19(17,18)12-7-15(3)9(2)13-12/h4-7,14,16H,1-3H3. The second-order valence-corrected chi connectivity index (χ2v) is 5.92. The van der Waals surface area contributed by atoms with Gasteiger partial charge in [0.1, 0.15) is 11.6 Å². The Hall–Kier alpha value is -2.02. The minimum atomic E-state index is -3.75. The first-order valence-electron chi connectivity index (χ1n) is 5.62. The molecule has 0 saturated carbocycles. The van der Waals surface area contributed by atoms with E-state index in [9.17, 15) is 13.5 Å². The van der Waals surface area contributed by atoms with Crippen molar-refractivity contribution >= 4 is 15.7 Å². The summed E-state index contributed by atoms with van der Waals surface area (Å²) < 4.78 is 28.4. The van der Waals surface area contributed by atoms with Crippen molar-refractivity contribution in [2.24, 2.45) is 7.05 Å². The number of aromatic nitrogens is 2. The number of aromatic hydroxyl groups is 1. The van der Waals surface area contributed by atoms with E-state index in [0.29, 0.717) is 17.1 Å². The lowest BCUT2D eigenvalue weighted by Crippen LogP contribution is -2.14. The molecule has 0 aliphatic heterocycles. The Kier molecular flexibility index (Phi) is 3.23. The maximum absolute atomic E-state index is 12.2. The Balaban J connectivity index is 2.39. The highest BCUT2D eigenvalue weighted by molar-refractivity contribution is 7.92. The molecule has 0 amide bonds. The molecule has 6 nitrogen and oxygen atoms in total. The molecule has 1 aromatic carbocycles. The summed E-state index contributed by atoms with van der Waals surface area (Å²) in [7, 11) is -2.02. The molecule has 19 heavy (non-hydrogen) atoms. The lowest BCUT2D eigenvalue weighted by atomic mass is 10.2. The molecule has 7 heteroatoms. The van der Waals surface area contributed by atoms with Crippen LogP contribution in [0.4, 0.5) is 5.69 Å². The number of rotatable bonds is 3. The summed E-state index contributed by atoms with van der Waals surface area (Å²) in [6.45, 7) is 3.36. The van der Waals surface area contributed by atoms with Gasteiger partial charge in [-0.2, -0.15) is 8.42 Å². The van der Waals surface area contributed by atoms with Crippen LogP contribution in [0, 0.1) is 13.8 Å². The molecule has 1 aromatic heterocycles. The number of hydrogen-bond acceptors (Lipinski definition) is 4. The molecule has 0 unspecified atom stereocenters. The highest BCUT2D eigenvalue weighted by Crippen LogP contribution is 2.25. The van der Waals surface area contributed by atoms with Crippen LogP contribution in [0.25, 0.3) is 0 Å². The Bertz CT molecular complexity index is 700. The zero-order chi connectivity index (χ0) is 14.2. The minimum absolute atomic E-state index is 0.0393. The van der Waals surface area contributed by atoms with Crippen molar-refractivity contribution in [3.05, 3.63) is 35.8 Å². The number of aryl methyl sites for hydroxylation is 2. The van der Waals surface area contributed by atoms with Crippen LogP contribution < -0.4 is 4.72 Å². The first-order valence-corrected chi connectivity index (χ1v) is 7.11. The second kappa shape index (κ2) is 4.58. The molecule has 102 valence electrons. The SMILES string of the molecule is Cc1c(O)cccc1NS(=O)(=O)c1cn(C)c(C)n1. The zero-order valence-electron chi connectivity index (χ0n) is 10.9. The monoisotopic (exact) mass is 281 g/mol. The number of hydrogen-bond donors (Lipinski definition) is 2. The van der Waals surface area contributed by atoms with Crippen LogP contribution in [0.1, 0.15) is 11.4 Å². The van der Waals surface area contributed by atoms with Crippen molar-refractivity contribution in [1.29, 1.82) is 0 Å². The van der Waals surface area contributed by atoms with Crippen molar-refractivity contribution in [2.75, 3.05) is 4.72 Å². The maximum atomic E-state index is 12.2. The van der Waals surface area contributed by atoms with Gasteiger partial charge in [0.05, 0.1) is 5.69 Å². The van der Waals surface area contributed by atoms with E-state index < -0.39 is 10.0 Å². The number of nitrogens with one attached hydrogen (secondary N) is 1. The van der Waals surface area contributed by atoms with E-state index in [1.54, 1.807) is 37.6 Å². The lowest BCUT2D eigenvalue weighted by molar-refractivity contribution is 0.471. The van der Waals surface area contributed by atoms with Gasteiger partial charge in [0, 0.05) is 18.8 Å². The van der Waals surface area contributed by atoms with Gasteiger partial charge in [-0.15, -0.1) is 0 Å². The fraction of sp³-hybridized carbons (Fsp3) is 0.250. The van der Waals surface area contributed by atoms with Gasteiger partial charge in [0.15, 0.2) is 5.03 Å². The lowest BCUT2D eigenvalue weighted by Gasteiger charge is -2.09. The van der Waals surface area contributed by atoms with E-state index in [1.807, 2.05) is 0 Å². The number of nitrogens with zero attached hydrogens (tertiary/aromatic N) is 2. The van der Waals surface area contributed by atoms with E-state index in [2.05, 4.69) is 9.71 Å². The smallest absolute Gasteiger partial charge is 0.280 e. The Morgan fingerprint density at radius 2 is 2.00 bits per heavy atom. The molecular formula is C12H15N3O3S. The number of anilines is 1. The third kappa shape index (κ3) is 2.55. The van der Waals surface area contributed by atoms with Gasteiger partial charge in [-0.25, -0.2) is 4.98 Å². The fourth-order valence-corrected chi connectivity index (χ4v) is 2.75. The molecule has 1 heterocycles. The number of sulfonamides is 1. The molecule has 0 bridgehead atoms. The average molecular weight is 281 g/mol. The molecule has 0 atom stereocenters. The molecule has 2 N–H and O–H groups in total. The van der Waals surface area contributed by atoms with Crippen molar-refractivity contribution < 1.29 is 13.5 Å². The first-order chi connectivity index (χ1) is 8.81. The third-order valence-corrected chi connectivity index (χ3v) is 4.15. The van der Waals surface area contributed by atoms with Crippen molar-refractivity contribution in [1.82, 2.24) is 9.55 Å². The average Bonchev–Trinajstić information content (AvgIpc) is 2.66. The summed E-state index contributed by atoms with van der Waals surface area (Å²) >= 11 is 0. The second-order valence-electron chi connectivity index (χ2n) is 4.29. The van der Waals surface area contributed by atoms with Crippen LogP contribution in [-0.2, 0) is 17.1 Å². The largest absolute Gasteiger partial charge is 0.508 e. The summed E-state index contributed by atoms with van der Waals surface area (Å²) in [6, 6.07) is 4.66. The van der Waals surface area contributed by atoms with Gasteiger partial charge in [-0.3, -0.25) is 4.72 Å². The summed E-state index contributed by atoms with van der Waals surface area (Å²) in [5, 5.41) is 9.52. The number of imidazole rings is 1. The number of phenolic OH excluding ortho intramolecular Hbond substituents is 1. The van der Waals surface area contributed by atoms with Gasteiger partial charge < -0.3 is 9.67 Å². The van der Waals surface area contributed by atoms with Crippen LogP contribution in [-0.4, -0.2) is 23.1 Å². The van der Waals surface area contributed by atoms with E-state index in [1.165, 1.54) is 12.3 Å². The van der Waals surface area contributed by atoms with Crippen LogP contribution in [0.15, 0.2) is 29.4 Å². The third-order valence-electron chi connectivity index (χ3n) is 2.91. The maximum Gasteiger partial charge on any atom is 0.280 e. The van der Waals surface area contributed by atoms with Gasteiger partial charge in [-0.1, -0.05) is 6.07 Å². The van der Waals surface area contributed by atoms with Gasteiger partial charge >= 0.3 is 0 Å². The molecule has 0 aliphatic carbocycles. The van der Waals surface area contributed by atoms with E-state index in [-0.39, 0.29) is 10.8 Å². The van der Waals surface area contributed by atoms with E-state index in [0.717, 1.165) is 0 Å². The zero-order valence-corrected chi connectivity index (χ0v) is 11.7. The summed E-state index contributed by atoms with van der Waals surface area (Å²) in [5.74, 6) is 0.644. The molecule has 0 radical (unpaired) electrons. The van der Waals surface area contributed by atoms with Crippen LogP contribution in [0.5, 0.6) is 5.75 Å². The Morgan fingerprint density at radius 1 is 1.32 bits per heavy atom. The molecule has 2 rings (SSSR count). The van der Waals surface area contributed by atoms with Crippen molar-refractivity contribution in [2.45, 2.75) is 18.9 Å². The van der Waals surface area contributed by atoms with Gasteiger partial charge in [-0.05, 0) is 26.0 Å². The first kappa shape index (κ1) is 13.4. The normalized spacial score (nSPS) is 11.5. The van der Waals surface area contributed by atoms with Crippen LogP contribution in [0.2, 0.25) is 0 Å². The van der Waals surface area contributed by atoms with Crippen molar-refractivity contribution in [3.8, 4) is 5.75 Å². The minimum Gasteiger partial charge on any atom is -0.508 e. The highest BCUT2D eigenvalue weighted by atomic mass is 32.2. The molecule has 0 saturated heterocycles. The van der Waals surface area contributed by atoms with Crippen molar-refractivity contribution in [3.63, 3.8) is 0 Å². The molecule has 2 aromatic rings. The highest BCUT2D eigenvalue weighted by Gasteiger charge is 2.19. The number of benzene rings is 1. The van der Waals surface area contributed by atoms with Crippen LogP contribution >= 0.6 is 0 Å². The molecule has 0 spiro atoms. The quantitative estimate of drug-likeness (QED) is 0.894. The topological polar surface area (TPSA) is 84.2 Å². The molecule has 0 fully saturated rings. The van der Waals surface area contributed by atoms with Crippen LogP contribution in [0.3, 0.4) is 0 Å². The fourth-order valence-electron chi connectivity index (χ4n) is 1.59. The van der Waals surface area contributed by atoms with E-state index >= 15 is 0 Å². The summed E-state index contributed by atoms with van der Waals surface area (Å²) in [5.41, 5.74) is 0.807. The molecular weight excluding hydrogens is 266 g/mol. The Morgan fingerprint density at radius 3 is 2.58 bits per heavy atom. The molecule has 0 aliphatic rings. The summed E-state index contributed by atoms with van der Waals surface area (Å²) in [6.07, 6.45) is 1.44. The van der Waals surface area contributed by atoms with E-state index in [4.69, 9.17) is 0 Å². The summed E-state index contributed by atoms with van der Waals surface area (Å²) in [4.78, 5) is 3.98. The number of phenols is 1. The predicted octanol–water partition coefficient (Wildman–Crippen LogP) is 1.54. The predicted molar refractivity (Wildman–Crippen MR) is 71.6 cm³/mol. The van der Waals surface area contributed by atoms with Gasteiger partial charge in [0.25, 0.3) is 10.0 Å². The Labute approximate surface area is 111 Å².